The SMILES string of the molecule is C=CCc1cc2ccccc2n1SI. The Hall–Kier alpha value is -0.420. The van der Waals surface area contributed by atoms with Gasteiger partial charge in [0.2, 0.25) is 0 Å². The van der Waals surface area contributed by atoms with Gasteiger partial charge in [0.05, 0.1) is 5.52 Å². The molecule has 0 saturated heterocycles. The van der Waals surface area contributed by atoms with Gasteiger partial charge in [-0.25, -0.2) is 0 Å². The second-order valence-electron chi connectivity index (χ2n) is 3.05. The fourth-order valence-electron chi connectivity index (χ4n) is 1.56. The summed E-state index contributed by atoms with van der Waals surface area (Å²) in [6, 6.07) is 10.7. The van der Waals surface area contributed by atoms with Gasteiger partial charge in [0, 0.05) is 47.8 Å². The van der Waals surface area contributed by atoms with Crippen LogP contribution in [0.5, 0.6) is 0 Å². The molecule has 1 heterocycles. The zero-order valence-corrected chi connectivity index (χ0v) is 10.6. The Labute approximate surface area is 99.9 Å². The lowest BCUT2D eigenvalue weighted by Gasteiger charge is -2.02. The number of benzene rings is 1. The van der Waals surface area contributed by atoms with Crippen LogP contribution in [0.3, 0.4) is 0 Å². The molecule has 72 valence electrons. The number of fused-ring (bicyclic) bond motifs is 1. The van der Waals surface area contributed by atoms with Crippen LogP contribution in [0.1, 0.15) is 5.69 Å². The third kappa shape index (κ3) is 1.70. The standard InChI is InChI=1S/C11H10INS/c1-2-5-10-8-9-6-3-4-7-11(9)13(10)14-12/h2-4,6-8H,1,5H2. The van der Waals surface area contributed by atoms with E-state index in [-0.39, 0.29) is 0 Å². The molecule has 0 N–H and O–H groups in total. The predicted octanol–water partition coefficient (Wildman–Crippen LogP) is 4.22. The summed E-state index contributed by atoms with van der Waals surface area (Å²) in [5.74, 6) is 0. The molecule has 0 aliphatic carbocycles. The van der Waals surface area contributed by atoms with Crippen molar-refractivity contribution in [3.8, 4) is 0 Å². The minimum absolute atomic E-state index is 0.921. The van der Waals surface area contributed by atoms with Crippen LogP contribution in [0.15, 0.2) is 43.0 Å². The molecule has 14 heavy (non-hydrogen) atoms. The van der Waals surface area contributed by atoms with Crippen LogP contribution in [-0.2, 0) is 6.42 Å². The number of halogens is 1. The maximum Gasteiger partial charge on any atom is 0.0601 e. The predicted molar refractivity (Wildman–Crippen MR) is 72.8 cm³/mol. The molecule has 1 aromatic heterocycles. The van der Waals surface area contributed by atoms with Crippen LogP contribution in [-0.4, -0.2) is 3.97 Å². The third-order valence-electron chi connectivity index (χ3n) is 2.16. The molecular formula is C11H10INS. The Bertz CT molecular complexity index is 461. The maximum atomic E-state index is 3.78. The van der Waals surface area contributed by atoms with E-state index in [1.807, 2.05) is 6.08 Å². The first kappa shape index (κ1) is 10.1. The molecule has 0 saturated carbocycles. The van der Waals surface area contributed by atoms with Gasteiger partial charge in [0.1, 0.15) is 0 Å². The zero-order chi connectivity index (χ0) is 9.97. The summed E-state index contributed by atoms with van der Waals surface area (Å²) in [5, 5.41) is 1.30. The fourth-order valence-corrected chi connectivity index (χ4v) is 3.41. The summed E-state index contributed by atoms with van der Waals surface area (Å²) in [6.45, 7) is 3.78. The van der Waals surface area contributed by atoms with Crippen molar-refractivity contribution in [1.29, 1.82) is 0 Å². The van der Waals surface area contributed by atoms with E-state index < -0.39 is 0 Å². The van der Waals surface area contributed by atoms with Crippen molar-refractivity contribution in [3.63, 3.8) is 0 Å². The van der Waals surface area contributed by atoms with Gasteiger partial charge in [0.25, 0.3) is 0 Å². The Morgan fingerprint density at radius 3 is 2.93 bits per heavy atom. The molecular weight excluding hydrogens is 305 g/mol. The summed E-state index contributed by atoms with van der Waals surface area (Å²) in [7, 11) is 1.71. The van der Waals surface area contributed by atoms with Crippen LogP contribution >= 0.6 is 30.3 Å². The van der Waals surface area contributed by atoms with Gasteiger partial charge < -0.3 is 0 Å². The number of para-hydroxylation sites is 1. The van der Waals surface area contributed by atoms with Crippen molar-refractivity contribution in [2.45, 2.75) is 6.42 Å². The van der Waals surface area contributed by atoms with Gasteiger partial charge in [-0.3, -0.25) is 3.97 Å². The van der Waals surface area contributed by atoms with Crippen molar-refractivity contribution in [3.05, 3.63) is 48.7 Å². The summed E-state index contributed by atoms with van der Waals surface area (Å²) in [4.78, 5) is 0. The molecule has 0 aliphatic rings. The molecule has 0 aliphatic heterocycles. The molecule has 1 nitrogen and oxygen atoms in total. The third-order valence-corrected chi connectivity index (χ3v) is 3.91. The first-order valence-corrected chi connectivity index (χ1v) is 7.67. The van der Waals surface area contributed by atoms with Crippen molar-refractivity contribution in [2.75, 3.05) is 0 Å². The molecule has 3 heteroatoms. The topological polar surface area (TPSA) is 4.93 Å². The van der Waals surface area contributed by atoms with Crippen LogP contribution in [0, 0.1) is 0 Å². The lowest BCUT2D eigenvalue weighted by atomic mass is 10.2. The van der Waals surface area contributed by atoms with E-state index in [0.717, 1.165) is 6.42 Å². The number of rotatable bonds is 3. The molecule has 1 aromatic carbocycles. The highest BCUT2D eigenvalue weighted by Gasteiger charge is 2.05. The highest BCUT2D eigenvalue weighted by Crippen LogP contribution is 2.28. The Kier molecular flexibility index (Phi) is 3.18. The molecule has 0 amide bonds. The molecule has 0 fully saturated rings. The summed E-state index contributed by atoms with van der Waals surface area (Å²) >= 11 is 2.31. The first-order valence-electron chi connectivity index (χ1n) is 4.36. The Morgan fingerprint density at radius 2 is 2.21 bits per heavy atom. The average Bonchev–Trinajstić information content (AvgIpc) is 2.55. The van der Waals surface area contributed by atoms with Gasteiger partial charge in [-0.1, -0.05) is 24.3 Å². The Morgan fingerprint density at radius 1 is 1.43 bits per heavy atom. The average molecular weight is 315 g/mol. The van der Waals surface area contributed by atoms with E-state index in [2.05, 4.69) is 62.1 Å². The van der Waals surface area contributed by atoms with Crippen molar-refractivity contribution >= 4 is 41.2 Å². The number of allylic oxidation sites excluding steroid dienone is 1. The summed E-state index contributed by atoms with van der Waals surface area (Å²) in [6.07, 6.45) is 2.86. The largest absolute Gasteiger partial charge is 0.279 e. The van der Waals surface area contributed by atoms with Crippen molar-refractivity contribution in [1.82, 2.24) is 3.97 Å². The second-order valence-corrected chi connectivity index (χ2v) is 4.74. The van der Waals surface area contributed by atoms with Crippen LogP contribution in [0.2, 0.25) is 0 Å². The molecule has 2 aromatic rings. The molecule has 0 radical (unpaired) electrons. The molecule has 0 spiro atoms. The van der Waals surface area contributed by atoms with E-state index >= 15 is 0 Å². The Balaban J connectivity index is 2.65. The van der Waals surface area contributed by atoms with Gasteiger partial charge in [-0.05, 0) is 12.1 Å². The number of nitrogens with zero attached hydrogens (tertiary/aromatic N) is 1. The molecule has 2 rings (SSSR count). The lowest BCUT2D eigenvalue weighted by molar-refractivity contribution is 1.13. The lowest BCUT2D eigenvalue weighted by Crippen LogP contribution is -1.89. The fraction of sp³-hybridized carbons (Fsp3) is 0.0909. The first-order chi connectivity index (χ1) is 6.86. The van der Waals surface area contributed by atoms with Crippen LogP contribution in [0.25, 0.3) is 10.9 Å². The normalized spacial score (nSPS) is 10.6. The van der Waals surface area contributed by atoms with E-state index in [4.69, 9.17) is 0 Å². The molecule has 0 atom stereocenters. The van der Waals surface area contributed by atoms with E-state index in [1.165, 1.54) is 16.6 Å². The smallest absolute Gasteiger partial charge is 0.0601 e. The highest BCUT2D eigenvalue weighted by atomic mass is 127. The van der Waals surface area contributed by atoms with Gasteiger partial charge >= 0.3 is 0 Å². The van der Waals surface area contributed by atoms with Gasteiger partial charge in [0.15, 0.2) is 0 Å². The van der Waals surface area contributed by atoms with Gasteiger partial charge in [-0.2, -0.15) is 0 Å². The number of aromatic nitrogens is 1. The van der Waals surface area contributed by atoms with E-state index in [9.17, 15) is 0 Å². The molecule has 0 unspecified atom stereocenters. The zero-order valence-electron chi connectivity index (χ0n) is 7.61. The molecule has 0 bridgehead atoms. The van der Waals surface area contributed by atoms with Crippen molar-refractivity contribution in [2.24, 2.45) is 0 Å². The van der Waals surface area contributed by atoms with E-state index in [0.29, 0.717) is 0 Å². The summed E-state index contributed by atoms with van der Waals surface area (Å²) < 4.78 is 2.25. The minimum Gasteiger partial charge on any atom is -0.279 e. The van der Waals surface area contributed by atoms with Crippen LogP contribution in [0.4, 0.5) is 0 Å². The summed E-state index contributed by atoms with van der Waals surface area (Å²) in [5.41, 5.74) is 2.59. The number of hydrogen-bond donors (Lipinski definition) is 0. The minimum atomic E-state index is 0.921. The van der Waals surface area contributed by atoms with Gasteiger partial charge in [-0.15, -0.1) is 6.58 Å². The highest BCUT2D eigenvalue weighted by molar-refractivity contribution is 14.2. The van der Waals surface area contributed by atoms with Crippen molar-refractivity contribution < 1.29 is 0 Å². The van der Waals surface area contributed by atoms with Crippen LogP contribution < -0.4 is 0 Å². The monoisotopic (exact) mass is 315 g/mol. The quantitative estimate of drug-likeness (QED) is 0.606. The second kappa shape index (κ2) is 4.40. The van der Waals surface area contributed by atoms with E-state index in [1.54, 1.807) is 9.12 Å². The maximum absolute atomic E-state index is 3.78. The number of hydrogen-bond acceptors (Lipinski definition) is 1.